The van der Waals surface area contributed by atoms with Gasteiger partial charge in [0.2, 0.25) is 0 Å². The maximum atomic E-state index is 12.7. The van der Waals surface area contributed by atoms with Crippen LogP contribution in [-0.2, 0) is 6.42 Å². The lowest BCUT2D eigenvalue weighted by atomic mass is 9.71. The molecular weight excluding hydrogens is 236 g/mol. The molecule has 0 atom stereocenters. The van der Waals surface area contributed by atoms with E-state index in [4.69, 9.17) is 4.74 Å². The summed E-state index contributed by atoms with van der Waals surface area (Å²) in [6, 6.07) is 6.00. The van der Waals surface area contributed by atoms with E-state index < -0.39 is 0 Å². The topological polar surface area (TPSA) is 26.3 Å². The molecule has 0 aromatic heterocycles. The number of ether oxygens (including phenoxy) is 1. The van der Waals surface area contributed by atoms with Crippen molar-refractivity contribution < 1.29 is 9.53 Å². The van der Waals surface area contributed by atoms with Crippen molar-refractivity contribution in [2.75, 3.05) is 6.61 Å². The van der Waals surface area contributed by atoms with Gasteiger partial charge in [0.25, 0.3) is 0 Å². The lowest BCUT2D eigenvalue weighted by Crippen LogP contribution is -2.26. The molecule has 19 heavy (non-hydrogen) atoms. The Morgan fingerprint density at radius 3 is 2.74 bits per heavy atom. The van der Waals surface area contributed by atoms with E-state index in [0.29, 0.717) is 11.2 Å². The van der Waals surface area contributed by atoms with E-state index in [2.05, 4.69) is 19.9 Å². The minimum absolute atomic E-state index is 0.198. The molecule has 2 heteroatoms. The van der Waals surface area contributed by atoms with E-state index in [9.17, 15) is 4.79 Å². The van der Waals surface area contributed by atoms with Gasteiger partial charge in [-0.1, -0.05) is 26.0 Å². The molecule has 1 aromatic rings. The maximum Gasteiger partial charge on any atom is 0.169 e. The molecule has 2 aliphatic rings. The van der Waals surface area contributed by atoms with E-state index in [1.165, 1.54) is 5.56 Å². The molecule has 0 unspecified atom stereocenters. The summed E-state index contributed by atoms with van der Waals surface area (Å²) in [4.78, 5) is 12.7. The van der Waals surface area contributed by atoms with Crippen LogP contribution in [0.5, 0.6) is 5.75 Å². The van der Waals surface area contributed by atoms with Gasteiger partial charge >= 0.3 is 0 Å². The molecule has 102 valence electrons. The number of Topliss-reactive ketones (excluding diaryl/α,β-unsaturated/α-hetero) is 1. The Hall–Kier alpha value is -1.31. The molecule has 0 spiro atoms. The minimum Gasteiger partial charge on any atom is -0.492 e. The Labute approximate surface area is 115 Å². The van der Waals surface area contributed by atoms with Gasteiger partial charge < -0.3 is 4.74 Å². The summed E-state index contributed by atoms with van der Waals surface area (Å²) >= 11 is 0. The van der Waals surface area contributed by atoms with Crippen molar-refractivity contribution in [3.63, 3.8) is 0 Å². The first-order valence-corrected chi connectivity index (χ1v) is 7.36. The third-order valence-corrected chi connectivity index (χ3v) is 4.69. The number of ketones is 1. The standard InChI is InChI=1S/C17H22O2/c1-17(2)9-6-12(7-10-17)15(18)14-5-3-4-13-8-11-19-16(13)14/h3-5,12H,6-11H2,1-2H3. The molecule has 0 N–H and O–H groups in total. The molecule has 1 aliphatic heterocycles. The van der Waals surface area contributed by atoms with Crippen molar-refractivity contribution in [3.8, 4) is 5.75 Å². The third kappa shape index (κ3) is 2.41. The summed E-state index contributed by atoms with van der Waals surface area (Å²) < 4.78 is 5.66. The highest BCUT2D eigenvalue weighted by molar-refractivity contribution is 6.00. The largest absolute Gasteiger partial charge is 0.492 e. The number of hydrogen-bond donors (Lipinski definition) is 0. The highest BCUT2D eigenvalue weighted by Gasteiger charge is 2.32. The van der Waals surface area contributed by atoms with Crippen molar-refractivity contribution in [2.24, 2.45) is 11.3 Å². The van der Waals surface area contributed by atoms with Crippen LogP contribution >= 0.6 is 0 Å². The van der Waals surface area contributed by atoms with Crippen molar-refractivity contribution in [1.29, 1.82) is 0 Å². The van der Waals surface area contributed by atoms with Crippen LogP contribution in [0.3, 0.4) is 0 Å². The van der Waals surface area contributed by atoms with Gasteiger partial charge in [-0.25, -0.2) is 0 Å². The van der Waals surface area contributed by atoms with E-state index in [0.717, 1.165) is 50.0 Å². The Morgan fingerprint density at radius 2 is 2.00 bits per heavy atom. The molecule has 1 aliphatic carbocycles. The molecule has 0 saturated heterocycles. The van der Waals surface area contributed by atoms with Crippen molar-refractivity contribution in [1.82, 2.24) is 0 Å². The number of benzene rings is 1. The van der Waals surface area contributed by atoms with E-state index >= 15 is 0 Å². The molecule has 0 radical (unpaired) electrons. The molecule has 2 nitrogen and oxygen atoms in total. The fraction of sp³-hybridized carbons (Fsp3) is 0.588. The van der Waals surface area contributed by atoms with Gasteiger partial charge in [0.15, 0.2) is 5.78 Å². The summed E-state index contributed by atoms with van der Waals surface area (Å²) in [5.41, 5.74) is 2.42. The summed E-state index contributed by atoms with van der Waals surface area (Å²) in [6.45, 7) is 5.32. The molecule has 0 bridgehead atoms. The first-order valence-electron chi connectivity index (χ1n) is 7.36. The van der Waals surface area contributed by atoms with Crippen LogP contribution in [0.15, 0.2) is 18.2 Å². The highest BCUT2D eigenvalue weighted by Crippen LogP contribution is 2.40. The summed E-state index contributed by atoms with van der Waals surface area (Å²) in [5.74, 6) is 1.36. The monoisotopic (exact) mass is 258 g/mol. The van der Waals surface area contributed by atoms with Crippen LogP contribution in [0.25, 0.3) is 0 Å². The molecule has 1 aromatic carbocycles. The second-order valence-electron chi connectivity index (χ2n) is 6.70. The predicted molar refractivity (Wildman–Crippen MR) is 75.7 cm³/mol. The van der Waals surface area contributed by atoms with Gasteiger partial charge in [0, 0.05) is 12.3 Å². The second-order valence-corrected chi connectivity index (χ2v) is 6.70. The van der Waals surface area contributed by atoms with E-state index in [1.54, 1.807) is 0 Å². The van der Waals surface area contributed by atoms with Gasteiger partial charge in [-0.15, -0.1) is 0 Å². The number of rotatable bonds is 2. The van der Waals surface area contributed by atoms with Crippen LogP contribution < -0.4 is 4.74 Å². The smallest absolute Gasteiger partial charge is 0.169 e. The zero-order chi connectivity index (χ0) is 13.5. The van der Waals surface area contributed by atoms with Gasteiger partial charge in [-0.05, 0) is 42.7 Å². The Kier molecular flexibility index (Phi) is 3.12. The third-order valence-electron chi connectivity index (χ3n) is 4.69. The first kappa shape index (κ1) is 12.7. The SMILES string of the molecule is CC1(C)CCC(C(=O)c2cccc3c2OCC3)CC1. The summed E-state index contributed by atoms with van der Waals surface area (Å²) in [6.07, 6.45) is 5.29. The van der Waals surface area contributed by atoms with Crippen LogP contribution in [0, 0.1) is 11.3 Å². The van der Waals surface area contributed by atoms with Gasteiger partial charge in [-0.2, -0.15) is 0 Å². The maximum absolute atomic E-state index is 12.7. The van der Waals surface area contributed by atoms with Gasteiger partial charge in [0.1, 0.15) is 5.75 Å². The molecule has 0 amide bonds. The molecule has 1 fully saturated rings. The zero-order valence-electron chi connectivity index (χ0n) is 11.9. The molecule has 1 saturated carbocycles. The van der Waals surface area contributed by atoms with E-state index in [-0.39, 0.29) is 5.92 Å². The number of carbonyl (C=O) groups excluding carboxylic acids is 1. The lowest BCUT2D eigenvalue weighted by Gasteiger charge is -2.33. The number of fused-ring (bicyclic) bond motifs is 1. The Balaban J connectivity index is 1.80. The highest BCUT2D eigenvalue weighted by atomic mass is 16.5. The number of para-hydroxylation sites is 1. The quantitative estimate of drug-likeness (QED) is 0.749. The molecule has 1 heterocycles. The average molecular weight is 258 g/mol. The number of hydrogen-bond acceptors (Lipinski definition) is 2. The minimum atomic E-state index is 0.198. The fourth-order valence-corrected chi connectivity index (χ4v) is 3.29. The summed E-state index contributed by atoms with van der Waals surface area (Å²) in [5, 5.41) is 0. The zero-order valence-corrected chi connectivity index (χ0v) is 11.9. The fourth-order valence-electron chi connectivity index (χ4n) is 3.29. The first-order chi connectivity index (χ1) is 9.07. The van der Waals surface area contributed by atoms with Crippen LogP contribution in [0.4, 0.5) is 0 Å². The Bertz CT molecular complexity index is 492. The second kappa shape index (κ2) is 4.66. The number of carbonyl (C=O) groups is 1. The summed E-state index contributed by atoms with van der Waals surface area (Å²) in [7, 11) is 0. The normalized spacial score (nSPS) is 21.8. The molecular formula is C17H22O2. The average Bonchev–Trinajstić information content (AvgIpc) is 2.86. The predicted octanol–water partition coefficient (Wildman–Crippen LogP) is 4.02. The van der Waals surface area contributed by atoms with Crippen LogP contribution in [0.1, 0.15) is 55.5 Å². The molecule has 3 rings (SSSR count). The Morgan fingerprint density at radius 1 is 1.26 bits per heavy atom. The van der Waals surface area contributed by atoms with Crippen molar-refractivity contribution in [3.05, 3.63) is 29.3 Å². The van der Waals surface area contributed by atoms with Crippen molar-refractivity contribution >= 4 is 5.78 Å². The lowest BCUT2D eigenvalue weighted by molar-refractivity contribution is 0.0835. The van der Waals surface area contributed by atoms with Gasteiger partial charge in [0.05, 0.1) is 12.2 Å². The van der Waals surface area contributed by atoms with Gasteiger partial charge in [-0.3, -0.25) is 4.79 Å². The van der Waals surface area contributed by atoms with E-state index in [1.807, 2.05) is 12.1 Å². The van der Waals surface area contributed by atoms with Crippen LogP contribution in [0.2, 0.25) is 0 Å². The van der Waals surface area contributed by atoms with Crippen LogP contribution in [-0.4, -0.2) is 12.4 Å². The van der Waals surface area contributed by atoms with Crippen molar-refractivity contribution in [2.45, 2.75) is 46.0 Å².